The van der Waals surface area contributed by atoms with Gasteiger partial charge in [-0.3, -0.25) is 4.79 Å². The van der Waals surface area contributed by atoms with Crippen LogP contribution in [0, 0.1) is 5.92 Å². The second-order valence-electron chi connectivity index (χ2n) is 7.06. The van der Waals surface area contributed by atoms with Crippen LogP contribution < -0.4 is 4.74 Å². The molecule has 2 aliphatic heterocycles. The van der Waals surface area contributed by atoms with E-state index >= 15 is 0 Å². The van der Waals surface area contributed by atoms with Gasteiger partial charge < -0.3 is 24.0 Å². The number of halogens is 3. The molecule has 3 rings (SSSR count). The van der Waals surface area contributed by atoms with E-state index in [1.807, 2.05) is 0 Å². The van der Waals surface area contributed by atoms with Crippen LogP contribution in [-0.2, 0) is 14.3 Å². The number of alkyl halides is 3. The van der Waals surface area contributed by atoms with E-state index in [0.717, 1.165) is 5.56 Å². The Morgan fingerprint density at radius 3 is 2.31 bits per heavy atom. The molecule has 7 nitrogen and oxygen atoms in total. The van der Waals surface area contributed by atoms with Crippen LogP contribution in [0.3, 0.4) is 0 Å². The van der Waals surface area contributed by atoms with Crippen LogP contribution in [0.2, 0.25) is 0 Å². The minimum atomic E-state index is -4.76. The number of hydrogen-bond acceptors (Lipinski definition) is 5. The molecule has 2 fully saturated rings. The summed E-state index contributed by atoms with van der Waals surface area (Å²) in [5.74, 6) is -1.44. The number of piperidine rings is 1. The molecule has 0 aliphatic carbocycles. The van der Waals surface area contributed by atoms with Crippen molar-refractivity contribution in [1.29, 1.82) is 0 Å². The first-order chi connectivity index (χ1) is 13.8. The van der Waals surface area contributed by atoms with Gasteiger partial charge in [-0.15, -0.1) is 13.2 Å². The fourth-order valence-corrected chi connectivity index (χ4v) is 3.73. The van der Waals surface area contributed by atoms with Crippen molar-refractivity contribution >= 4 is 12.0 Å². The Hall–Kier alpha value is -2.49. The minimum absolute atomic E-state index is 0.177. The molecule has 0 radical (unpaired) electrons. The normalized spacial score (nSPS) is 22.9. The maximum atomic E-state index is 12.9. The van der Waals surface area contributed by atoms with Gasteiger partial charge in [-0.1, -0.05) is 12.1 Å². The van der Waals surface area contributed by atoms with Gasteiger partial charge in [0, 0.05) is 32.1 Å². The summed E-state index contributed by atoms with van der Waals surface area (Å²) in [4.78, 5) is 28.4. The van der Waals surface area contributed by atoms with Crippen molar-refractivity contribution in [2.45, 2.75) is 18.7 Å². The summed E-state index contributed by atoms with van der Waals surface area (Å²) in [7, 11) is 1.29. The molecule has 2 unspecified atom stereocenters. The molecule has 2 atom stereocenters. The summed E-state index contributed by atoms with van der Waals surface area (Å²) >= 11 is 0. The lowest BCUT2D eigenvalue weighted by Gasteiger charge is -2.40. The fraction of sp³-hybridized carbons (Fsp3) is 0.579. The maximum Gasteiger partial charge on any atom is 0.573 e. The van der Waals surface area contributed by atoms with Crippen molar-refractivity contribution in [3.8, 4) is 5.75 Å². The van der Waals surface area contributed by atoms with Gasteiger partial charge in [-0.25, -0.2) is 4.79 Å². The summed E-state index contributed by atoms with van der Waals surface area (Å²) in [5, 5.41) is 0. The Morgan fingerprint density at radius 1 is 1.07 bits per heavy atom. The Bertz CT molecular complexity index is 720. The van der Waals surface area contributed by atoms with Gasteiger partial charge in [0.1, 0.15) is 5.75 Å². The standard InChI is InChI=1S/C19H23F3N2O5/c1-27-17(25)15-10-14(13-2-4-16(5-3-13)29-19(20,21)22)11-24(12-15)18(26)23-6-8-28-9-7-23/h2-5,14-15H,6-12H2,1H3. The lowest BCUT2D eigenvalue weighted by molar-refractivity contribution is -0.274. The van der Waals surface area contributed by atoms with E-state index in [2.05, 4.69) is 4.74 Å². The van der Waals surface area contributed by atoms with Crippen molar-refractivity contribution < 1.29 is 37.0 Å². The summed E-state index contributed by atoms with van der Waals surface area (Å²) in [6, 6.07) is 5.35. The Labute approximate surface area is 166 Å². The van der Waals surface area contributed by atoms with Crippen LogP contribution in [0.15, 0.2) is 24.3 Å². The van der Waals surface area contributed by atoms with Crippen molar-refractivity contribution in [3.05, 3.63) is 29.8 Å². The molecule has 0 aromatic heterocycles. The number of hydrogen-bond donors (Lipinski definition) is 0. The summed E-state index contributed by atoms with van der Waals surface area (Å²) < 4.78 is 51.1. The molecule has 0 N–H and O–H groups in total. The summed E-state index contributed by atoms with van der Waals surface area (Å²) in [5.41, 5.74) is 0.730. The molecule has 29 heavy (non-hydrogen) atoms. The predicted octanol–water partition coefficient (Wildman–Crippen LogP) is 2.62. The average Bonchev–Trinajstić information content (AvgIpc) is 2.72. The zero-order valence-corrected chi connectivity index (χ0v) is 16.0. The van der Waals surface area contributed by atoms with E-state index in [9.17, 15) is 22.8 Å². The van der Waals surface area contributed by atoms with Crippen LogP contribution in [0.5, 0.6) is 5.75 Å². The number of methoxy groups -OCH3 is 1. The van der Waals surface area contributed by atoms with Gasteiger partial charge >= 0.3 is 18.4 Å². The van der Waals surface area contributed by atoms with Crippen molar-refractivity contribution in [2.75, 3.05) is 46.5 Å². The maximum absolute atomic E-state index is 12.9. The number of likely N-dealkylation sites (tertiary alicyclic amines) is 1. The highest BCUT2D eigenvalue weighted by Crippen LogP contribution is 2.33. The van der Waals surface area contributed by atoms with E-state index in [0.29, 0.717) is 39.3 Å². The second kappa shape index (κ2) is 8.89. The number of morpholine rings is 1. The first-order valence-corrected chi connectivity index (χ1v) is 9.32. The molecular formula is C19H23F3N2O5. The van der Waals surface area contributed by atoms with Gasteiger partial charge in [-0.2, -0.15) is 0 Å². The van der Waals surface area contributed by atoms with E-state index in [-0.39, 0.29) is 24.2 Å². The largest absolute Gasteiger partial charge is 0.573 e. The fourth-order valence-electron chi connectivity index (χ4n) is 3.73. The van der Waals surface area contributed by atoms with Gasteiger partial charge in [0.25, 0.3) is 0 Å². The topological polar surface area (TPSA) is 68.3 Å². The van der Waals surface area contributed by atoms with Crippen molar-refractivity contribution in [2.24, 2.45) is 5.92 Å². The average molecular weight is 416 g/mol. The molecule has 0 saturated carbocycles. The number of benzene rings is 1. The summed E-state index contributed by atoms with van der Waals surface area (Å²) in [6.07, 6.45) is -4.32. The number of amides is 2. The Kier molecular flexibility index (Phi) is 6.51. The molecule has 2 heterocycles. The van der Waals surface area contributed by atoms with E-state index in [1.54, 1.807) is 9.80 Å². The minimum Gasteiger partial charge on any atom is -0.469 e. The smallest absolute Gasteiger partial charge is 0.469 e. The highest BCUT2D eigenvalue weighted by atomic mass is 19.4. The van der Waals surface area contributed by atoms with Gasteiger partial charge in [0.2, 0.25) is 0 Å². The number of carbonyl (C=O) groups is 2. The second-order valence-corrected chi connectivity index (χ2v) is 7.06. The number of carbonyl (C=O) groups excluding carboxylic acids is 2. The number of esters is 1. The lowest BCUT2D eigenvalue weighted by atomic mass is 9.84. The Morgan fingerprint density at radius 2 is 1.72 bits per heavy atom. The van der Waals surface area contributed by atoms with Gasteiger partial charge in [0.05, 0.1) is 26.2 Å². The highest BCUT2D eigenvalue weighted by Gasteiger charge is 2.37. The molecule has 1 aromatic carbocycles. The molecule has 2 amide bonds. The van der Waals surface area contributed by atoms with Crippen LogP contribution in [-0.4, -0.2) is 74.7 Å². The molecule has 0 spiro atoms. The summed E-state index contributed by atoms with van der Waals surface area (Å²) in [6.45, 7) is 2.49. The zero-order valence-electron chi connectivity index (χ0n) is 16.0. The number of ether oxygens (including phenoxy) is 3. The lowest BCUT2D eigenvalue weighted by Crippen LogP contribution is -2.53. The molecule has 1 aromatic rings. The van der Waals surface area contributed by atoms with Crippen LogP contribution in [0.4, 0.5) is 18.0 Å². The van der Waals surface area contributed by atoms with Gasteiger partial charge in [0.15, 0.2) is 0 Å². The third-order valence-electron chi connectivity index (χ3n) is 5.12. The third-order valence-corrected chi connectivity index (χ3v) is 5.12. The molecule has 0 bridgehead atoms. The molecular weight excluding hydrogens is 393 g/mol. The monoisotopic (exact) mass is 416 g/mol. The van der Waals surface area contributed by atoms with Crippen molar-refractivity contribution in [1.82, 2.24) is 9.80 Å². The number of urea groups is 1. The molecule has 2 saturated heterocycles. The van der Waals surface area contributed by atoms with E-state index in [4.69, 9.17) is 9.47 Å². The molecule has 2 aliphatic rings. The molecule has 160 valence electrons. The van der Waals surface area contributed by atoms with Crippen LogP contribution >= 0.6 is 0 Å². The quantitative estimate of drug-likeness (QED) is 0.709. The first-order valence-electron chi connectivity index (χ1n) is 9.32. The van der Waals surface area contributed by atoms with Gasteiger partial charge in [-0.05, 0) is 24.1 Å². The number of nitrogens with zero attached hydrogens (tertiary/aromatic N) is 2. The zero-order chi connectivity index (χ0) is 21.0. The van der Waals surface area contributed by atoms with Crippen LogP contribution in [0.25, 0.3) is 0 Å². The predicted molar refractivity (Wildman–Crippen MR) is 95.4 cm³/mol. The highest BCUT2D eigenvalue weighted by molar-refractivity contribution is 5.77. The Balaban J connectivity index is 1.76. The number of rotatable bonds is 3. The van der Waals surface area contributed by atoms with Crippen molar-refractivity contribution in [3.63, 3.8) is 0 Å². The third kappa shape index (κ3) is 5.53. The molecule has 10 heteroatoms. The first kappa shape index (κ1) is 21.2. The van der Waals surface area contributed by atoms with E-state index in [1.165, 1.54) is 31.4 Å². The van der Waals surface area contributed by atoms with Crippen LogP contribution in [0.1, 0.15) is 17.9 Å². The van der Waals surface area contributed by atoms with E-state index < -0.39 is 18.2 Å². The SMILES string of the molecule is COC(=O)C1CC(c2ccc(OC(F)(F)F)cc2)CN(C(=O)N2CCOCC2)C1.